The molecular weight excluding hydrogens is 385 g/mol. The van der Waals surface area contributed by atoms with E-state index in [1.807, 2.05) is 11.9 Å². The summed E-state index contributed by atoms with van der Waals surface area (Å²) in [5.74, 6) is 0.254. The Kier molecular flexibility index (Phi) is 8.41. The first kappa shape index (κ1) is 22.8. The molecule has 0 aromatic carbocycles. The van der Waals surface area contributed by atoms with Crippen molar-refractivity contribution in [3.05, 3.63) is 12.7 Å². The summed E-state index contributed by atoms with van der Waals surface area (Å²) in [6.07, 6.45) is 0.256. The molecule has 0 radical (unpaired) electrons. The Morgan fingerprint density at radius 3 is 2.65 bits per heavy atom. The van der Waals surface area contributed by atoms with Crippen LogP contribution in [0, 0.1) is 0 Å². The minimum absolute atomic E-state index is 0. The molecule has 0 unspecified atom stereocenters. The Hall–Kier alpha value is -1.27. The van der Waals surface area contributed by atoms with Crippen molar-refractivity contribution >= 4 is 41.8 Å². The molecule has 1 fully saturated rings. The summed E-state index contributed by atoms with van der Waals surface area (Å²) in [7, 11) is 1.92. The molecule has 0 aliphatic carbocycles. The highest BCUT2D eigenvalue weighted by molar-refractivity contribution is 5.85. The smallest absolute Gasteiger partial charge is 0.167 e. The summed E-state index contributed by atoms with van der Waals surface area (Å²) in [5, 5.41) is 20.7. The highest BCUT2D eigenvalue weighted by Crippen LogP contribution is 2.32. The van der Waals surface area contributed by atoms with Gasteiger partial charge in [0.05, 0.1) is 6.33 Å². The standard InChI is InChI=1S/C14H23N7O3.2ClH/c1-20(4-2-3-15)5-8-10(22)11(23)14(24-8)21-7-19-9-12(16)17-6-18-13(9)21;;/h6-8,10-11,14,22-23H,2-5,15H2,1H3,(H2,16,17,18);2*1H/t8-,10-,11-,14-;;/m1../s1. The molecule has 0 amide bonds. The molecule has 26 heavy (non-hydrogen) atoms. The Labute approximate surface area is 163 Å². The second-order valence-corrected chi connectivity index (χ2v) is 6.03. The number of hydrogen-bond donors (Lipinski definition) is 4. The number of anilines is 1. The molecule has 3 heterocycles. The first-order chi connectivity index (χ1) is 11.5. The molecule has 1 aliphatic heterocycles. The molecule has 4 atom stereocenters. The van der Waals surface area contributed by atoms with E-state index in [0.717, 1.165) is 13.0 Å². The number of aliphatic hydroxyl groups excluding tert-OH is 2. The number of likely N-dealkylation sites (N-methyl/N-ethyl adjacent to an activating group) is 1. The lowest BCUT2D eigenvalue weighted by Gasteiger charge is -2.22. The van der Waals surface area contributed by atoms with E-state index in [1.165, 1.54) is 12.7 Å². The summed E-state index contributed by atoms with van der Waals surface area (Å²) in [5.41, 5.74) is 12.2. The van der Waals surface area contributed by atoms with E-state index >= 15 is 0 Å². The molecule has 0 saturated carbocycles. The van der Waals surface area contributed by atoms with Gasteiger partial charge in [0.2, 0.25) is 0 Å². The number of aliphatic hydroxyl groups is 2. The van der Waals surface area contributed by atoms with Crippen LogP contribution in [0.4, 0.5) is 5.82 Å². The molecule has 148 valence electrons. The number of ether oxygens (including phenoxy) is 1. The van der Waals surface area contributed by atoms with E-state index in [1.54, 1.807) is 4.57 Å². The van der Waals surface area contributed by atoms with Crippen LogP contribution in [0.3, 0.4) is 0 Å². The van der Waals surface area contributed by atoms with Gasteiger partial charge in [0.15, 0.2) is 17.7 Å². The normalized spacial score (nSPS) is 25.3. The number of nitrogens with two attached hydrogens (primary N) is 2. The Bertz CT molecular complexity index is 704. The third-order valence-corrected chi connectivity index (χ3v) is 4.23. The van der Waals surface area contributed by atoms with Gasteiger partial charge in [0, 0.05) is 6.54 Å². The van der Waals surface area contributed by atoms with Crippen molar-refractivity contribution in [2.45, 2.75) is 31.0 Å². The average molecular weight is 410 g/mol. The van der Waals surface area contributed by atoms with Crippen molar-refractivity contribution < 1.29 is 14.9 Å². The fourth-order valence-electron chi connectivity index (χ4n) is 2.93. The van der Waals surface area contributed by atoms with Crippen molar-refractivity contribution in [1.29, 1.82) is 0 Å². The summed E-state index contributed by atoms with van der Waals surface area (Å²) in [4.78, 5) is 14.2. The van der Waals surface area contributed by atoms with Gasteiger partial charge in [-0.1, -0.05) is 0 Å². The number of fused-ring (bicyclic) bond motifs is 1. The fourth-order valence-corrected chi connectivity index (χ4v) is 2.93. The lowest BCUT2D eigenvalue weighted by molar-refractivity contribution is -0.0421. The van der Waals surface area contributed by atoms with Crippen LogP contribution in [-0.4, -0.2) is 79.6 Å². The molecule has 2 aromatic rings. The number of aromatic nitrogens is 4. The molecule has 3 rings (SSSR count). The number of nitrogens with zero attached hydrogens (tertiary/aromatic N) is 5. The zero-order chi connectivity index (χ0) is 17.3. The van der Waals surface area contributed by atoms with E-state index in [-0.39, 0.29) is 30.6 Å². The highest BCUT2D eigenvalue weighted by atomic mass is 35.5. The SMILES string of the molecule is CN(CCCN)C[C@H]1O[C@@H](n2cnc3c(N)ncnc32)[C@H](O)[C@@H]1O.Cl.Cl. The average Bonchev–Trinajstić information content (AvgIpc) is 3.10. The van der Waals surface area contributed by atoms with Crippen LogP contribution in [0.25, 0.3) is 11.2 Å². The largest absolute Gasteiger partial charge is 0.387 e. The van der Waals surface area contributed by atoms with Gasteiger partial charge < -0.3 is 31.3 Å². The molecule has 12 heteroatoms. The Morgan fingerprint density at radius 2 is 1.96 bits per heavy atom. The quantitative estimate of drug-likeness (QED) is 0.478. The topological polar surface area (TPSA) is 149 Å². The van der Waals surface area contributed by atoms with Gasteiger partial charge in [0.1, 0.15) is 30.2 Å². The van der Waals surface area contributed by atoms with Crippen LogP contribution in [0.1, 0.15) is 12.6 Å². The summed E-state index contributed by atoms with van der Waals surface area (Å²) >= 11 is 0. The van der Waals surface area contributed by atoms with Crippen LogP contribution in [0.15, 0.2) is 12.7 Å². The second-order valence-electron chi connectivity index (χ2n) is 6.03. The van der Waals surface area contributed by atoms with E-state index in [0.29, 0.717) is 24.3 Å². The zero-order valence-corrected chi connectivity index (χ0v) is 15.9. The third-order valence-electron chi connectivity index (χ3n) is 4.23. The van der Waals surface area contributed by atoms with E-state index in [4.69, 9.17) is 16.2 Å². The summed E-state index contributed by atoms with van der Waals surface area (Å²) < 4.78 is 7.45. The van der Waals surface area contributed by atoms with Gasteiger partial charge in [-0.3, -0.25) is 4.57 Å². The monoisotopic (exact) mass is 409 g/mol. The highest BCUT2D eigenvalue weighted by Gasteiger charge is 2.44. The maximum Gasteiger partial charge on any atom is 0.167 e. The van der Waals surface area contributed by atoms with Crippen molar-refractivity contribution in [2.75, 3.05) is 32.4 Å². The second kappa shape index (κ2) is 9.60. The maximum atomic E-state index is 10.4. The lowest BCUT2D eigenvalue weighted by Crippen LogP contribution is -2.39. The maximum absolute atomic E-state index is 10.4. The van der Waals surface area contributed by atoms with Gasteiger partial charge in [0.25, 0.3) is 0 Å². The Balaban J connectivity index is 0.00000169. The van der Waals surface area contributed by atoms with Crippen LogP contribution in [0.2, 0.25) is 0 Å². The molecule has 1 aliphatic rings. The number of hydrogen-bond acceptors (Lipinski definition) is 9. The van der Waals surface area contributed by atoms with Gasteiger partial charge in [-0.05, 0) is 26.6 Å². The molecule has 0 spiro atoms. The first-order valence-electron chi connectivity index (χ1n) is 7.86. The molecular formula is C14H25Cl2N7O3. The van der Waals surface area contributed by atoms with Gasteiger partial charge in [-0.15, -0.1) is 24.8 Å². The molecule has 6 N–H and O–H groups in total. The molecule has 0 bridgehead atoms. The van der Waals surface area contributed by atoms with Crippen LogP contribution >= 0.6 is 24.8 Å². The van der Waals surface area contributed by atoms with Crippen LogP contribution in [0.5, 0.6) is 0 Å². The van der Waals surface area contributed by atoms with Gasteiger partial charge in [-0.25, -0.2) is 15.0 Å². The van der Waals surface area contributed by atoms with Crippen LogP contribution < -0.4 is 11.5 Å². The predicted octanol–water partition coefficient (Wildman–Crippen LogP) is -0.848. The molecule has 10 nitrogen and oxygen atoms in total. The first-order valence-corrected chi connectivity index (χ1v) is 7.86. The lowest BCUT2D eigenvalue weighted by atomic mass is 10.1. The van der Waals surface area contributed by atoms with Crippen molar-refractivity contribution in [1.82, 2.24) is 24.4 Å². The van der Waals surface area contributed by atoms with Gasteiger partial charge in [-0.2, -0.15) is 0 Å². The van der Waals surface area contributed by atoms with Crippen molar-refractivity contribution in [2.24, 2.45) is 5.73 Å². The fraction of sp³-hybridized carbons (Fsp3) is 0.643. The molecule has 1 saturated heterocycles. The number of nitrogen functional groups attached to an aromatic ring is 1. The predicted molar refractivity (Wildman–Crippen MR) is 101 cm³/mol. The van der Waals surface area contributed by atoms with E-state index < -0.39 is 24.5 Å². The minimum Gasteiger partial charge on any atom is -0.387 e. The Morgan fingerprint density at radius 1 is 1.23 bits per heavy atom. The third kappa shape index (κ3) is 4.34. The van der Waals surface area contributed by atoms with E-state index in [9.17, 15) is 10.2 Å². The summed E-state index contributed by atoms with van der Waals surface area (Å²) in [6, 6.07) is 0. The van der Waals surface area contributed by atoms with Gasteiger partial charge >= 0.3 is 0 Å². The zero-order valence-electron chi connectivity index (χ0n) is 14.3. The summed E-state index contributed by atoms with van der Waals surface area (Å²) in [6.45, 7) is 1.88. The van der Waals surface area contributed by atoms with Crippen molar-refractivity contribution in [3.63, 3.8) is 0 Å². The number of halogens is 2. The number of imidazole rings is 1. The molecule has 2 aromatic heterocycles. The number of rotatable bonds is 6. The van der Waals surface area contributed by atoms with E-state index in [2.05, 4.69) is 15.0 Å². The minimum atomic E-state index is -1.09. The van der Waals surface area contributed by atoms with Crippen LogP contribution in [-0.2, 0) is 4.74 Å². The van der Waals surface area contributed by atoms with Crippen molar-refractivity contribution in [3.8, 4) is 0 Å².